The van der Waals surface area contributed by atoms with Gasteiger partial charge >= 0.3 is 0 Å². The summed E-state index contributed by atoms with van der Waals surface area (Å²) in [5.41, 5.74) is 0.340. The molecule has 0 radical (unpaired) electrons. The molecule has 0 bridgehead atoms. The van der Waals surface area contributed by atoms with Crippen LogP contribution < -0.4 is 10.6 Å². The molecule has 1 aromatic heterocycles. The van der Waals surface area contributed by atoms with Crippen LogP contribution in [-0.4, -0.2) is 70.4 Å². The molecule has 1 fully saturated rings. The van der Waals surface area contributed by atoms with Crippen LogP contribution in [0.1, 0.15) is 30.8 Å². The zero-order valence-electron chi connectivity index (χ0n) is 16.4. The maximum Gasteiger partial charge on any atom is 0.268 e. The molecule has 1 aromatic rings. The van der Waals surface area contributed by atoms with Gasteiger partial charge in [0, 0.05) is 13.2 Å². The highest BCUT2D eigenvalue weighted by Crippen LogP contribution is 2.19. The highest BCUT2D eigenvalue weighted by Gasteiger charge is 2.38. The molecule has 2 rings (SSSR count). The molecule has 4 atom stereocenters. The molecule has 1 saturated heterocycles. The maximum atomic E-state index is 12.8. The van der Waals surface area contributed by atoms with Crippen LogP contribution in [0.25, 0.3) is 0 Å². The maximum absolute atomic E-state index is 12.8. The van der Waals surface area contributed by atoms with Crippen molar-refractivity contribution >= 4 is 17.6 Å². The molecule has 9 heteroatoms. The molecule has 2 heterocycles. The smallest absolute Gasteiger partial charge is 0.268 e. The minimum atomic E-state index is -1.20. The van der Waals surface area contributed by atoms with Crippen molar-refractivity contribution in [2.24, 2.45) is 18.9 Å². The lowest BCUT2D eigenvalue weighted by molar-refractivity contribution is -0.133. The number of carbonyl (C=O) groups is 3. The predicted octanol–water partition coefficient (Wildman–Crippen LogP) is -0.777. The molecule has 2 amide bonds. The lowest BCUT2D eigenvalue weighted by Gasteiger charge is -2.25. The van der Waals surface area contributed by atoms with E-state index in [-0.39, 0.29) is 24.9 Å². The Morgan fingerprint density at radius 1 is 1.25 bits per heavy atom. The predicted molar refractivity (Wildman–Crippen MR) is 100 cm³/mol. The number of amides is 2. The van der Waals surface area contributed by atoms with E-state index in [1.807, 2.05) is 13.8 Å². The van der Waals surface area contributed by atoms with Gasteiger partial charge in [0.15, 0.2) is 5.78 Å². The van der Waals surface area contributed by atoms with Gasteiger partial charge in [-0.05, 0) is 24.5 Å². The topological polar surface area (TPSA) is 130 Å². The van der Waals surface area contributed by atoms with Crippen molar-refractivity contribution in [1.29, 1.82) is 0 Å². The van der Waals surface area contributed by atoms with Gasteiger partial charge in [-0.3, -0.25) is 14.4 Å². The summed E-state index contributed by atoms with van der Waals surface area (Å²) in [5.74, 6) is -2.06. The van der Waals surface area contributed by atoms with Crippen molar-refractivity contribution in [3.05, 3.63) is 24.0 Å². The Bertz CT molecular complexity index is 702. The molecule has 156 valence electrons. The molecule has 3 unspecified atom stereocenters. The monoisotopic (exact) mass is 395 g/mol. The van der Waals surface area contributed by atoms with E-state index in [0.29, 0.717) is 12.1 Å². The molecule has 4 N–H and O–H groups in total. The van der Waals surface area contributed by atoms with Gasteiger partial charge < -0.3 is 30.2 Å². The van der Waals surface area contributed by atoms with Crippen molar-refractivity contribution < 1.29 is 29.3 Å². The number of carbonyl (C=O) groups excluding carboxylic acids is 3. The third kappa shape index (κ3) is 5.40. The number of ether oxygens (including phenoxy) is 1. The largest absolute Gasteiger partial charge is 0.394 e. The Morgan fingerprint density at radius 3 is 2.46 bits per heavy atom. The first-order chi connectivity index (χ1) is 13.2. The summed E-state index contributed by atoms with van der Waals surface area (Å²) in [6, 6.07) is 1.24. The van der Waals surface area contributed by atoms with E-state index in [4.69, 9.17) is 4.74 Å². The first-order valence-electron chi connectivity index (χ1n) is 9.37. The summed E-state index contributed by atoms with van der Waals surface area (Å²) in [6.45, 7) is 3.41. The first-order valence-corrected chi connectivity index (χ1v) is 9.37. The summed E-state index contributed by atoms with van der Waals surface area (Å²) in [7, 11) is 1.69. The van der Waals surface area contributed by atoms with E-state index in [0.717, 1.165) is 0 Å². The second kappa shape index (κ2) is 9.81. The fraction of sp³-hybridized carbons (Fsp3) is 0.632. The lowest BCUT2D eigenvalue weighted by atomic mass is 9.90. The fourth-order valence-electron chi connectivity index (χ4n) is 3.19. The van der Waals surface area contributed by atoms with Gasteiger partial charge in [-0.15, -0.1) is 0 Å². The number of aromatic nitrogens is 1. The van der Waals surface area contributed by atoms with Crippen LogP contribution in [0.4, 0.5) is 0 Å². The zero-order valence-corrected chi connectivity index (χ0v) is 16.4. The molecule has 0 aromatic carbocycles. The van der Waals surface area contributed by atoms with Crippen LogP contribution in [0.15, 0.2) is 18.3 Å². The first kappa shape index (κ1) is 22.1. The van der Waals surface area contributed by atoms with Crippen molar-refractivity contribution in [2.75, 3.05) is 19.8 Å². The van der Waals surface area contributed by atoms with Crippen molar-refractivity contribution in [3.63, 3.8) is 0 Å². The molecule has 0 aliphatic carbocycles. The van der Waals surface area contributed by atoms with Crippen LogP contribution in [-0.2, 0) is 21.4 Å². The number of nitrogens with zero attached hydrogens (tertiary/aromatic N) is 1. The lowest BCUT2D eigenvalue weighted by Crippen LogP contribution is -2.55. The third-order valence-corrected chi connectivity index (χ3v) is 4.76. The second-order valence-corrected chi connectivity index (χ2v) is 7.52. The highest BCUT2D eigenvalue weighted by atomic mass is 16.5. The van der Waals surface area contributed by atoms with Gasteiger partial charge in [0.25, 0.3) is 5.91 Å². The summed E-state index contributed by atoms with van der Waals surface area (Å²) in [5, 5.41) is 24.6. The number of Topliss-reactive ketones (excluding diaryl/α,β-unsaturated/α-hetero) is 1. The normalized spacial score (nSPS) is 21.4. The van der Waals surface area contributed by atoms with E-state index >= 15 is 0 Å². The Hall–Kier alpha value is -2.23. The standard InChI is InChI=1S/C19H29N3O6/c1-11(2)7-13(17(25)12-9-28-10-16(12)24)20-18(26)14(8-23)21-19(27)15-5-4-6-22(15)3/h4-6,11-14,16,23-24H,7-10H2,1-3H3,(H,20,26)(H,21,27)/t12?,13?,14-,16?/m0/s1. The van der Waals surface area contributed by atoms with Crippen LogP contribution in [0.2, 0.25) is 0 Å². The number of rotatable bonds is 9. The molecule has 0 saturated carbocycles. The van der Waals surface area contributed by atoms with Crippen LogP contribution in [0.5, 0.6) is 0 Å². The zero-order chi connectivity index (χ0) is 20.8. The molecule has 1 aliphatic rings. The second-order valence-electron chi connectivity index (χ2n) is 7.52. The quantitative estimate of drug-likeness (QED) is 0.434. The van der Waals surface area contributed by atoms with Crippen molar-refractivity contribution in [3.8, 4) is 0 Å². The van der Waals surface area contributed by atoms with Crippen LogP contribution in [0.3, 0.4) is 0 Å². The number of hydrogen-bond acceptors (Lipinski definition) is 6. The number of aliphatic hydroxyl groups excluding tert-OH is 2. The van der Waals surface area contributed by atoms with Crippen LogP contribution in [0, 0.1) is 11.8 Å². The van der Waals surface area contributed by atoms with Crippen LogP contribution >= 0.6 is 0 Å². The SMILES string of the molecule is CC(C)CC(NC(=O)[C@H](CO)NC(=O)c1cccn1C)C(=O)C1COCC1O. The van der Waals surface area contributed by atoms with E-state index in [9.17, 15) is 24.6 Å². The third-order valence-electron chi connectivity index (χ3n) is 4.76. The highest BCUT2D eigenvalue weighted by molar-refractivity contribution is 5.98. The van der Waals surface area contributed by atoms with Crippen molar-refractivity contribution in [1.82, 2.24) is 15.2 Å². The molecule has 28 heavy (non-hydrogen) atoms. The van der Waals surface area contributed by atoms with Gasteiger partial charge in [0.05, 0.1) is 37.9 Å². The summed E-state index contributed by atoms with van der Waals surface area (Å²) in [4.78, 5) is 37.7. The van der Waals surface area contributed by atoms with E-state index < -0.39 is 42.5 Å². The van der Waals surface area contributed by atoms with E-state index in [1.165, 1.54) is 0 Å². The summed E-state index contributed by atoms with van der Waals surface area (Å²) in [6.07, 6.45) is 1.16. The Balaban J connectivity index is 2.06. The minimum absolute atomic E-state index is 0.0880. The fourth-order valence-corrected chi connectivity index (χ4v) is 3.19. The number of nitrogens with one attached hydrogen (secondary N) is 2. The number of ketones is 1. The molecular weight excluding hydrogens is 366 g/mol. The van der Waals surface area contributed by atoms with E-state index in [1.54, 1.807) is 29.9 Å². The minimum Gasteiger partial charge on any atom is -0.394 e. The molecule has 9 nitrogen and oxygen atoms in total. The number of aliphatic hydroxyl groups is 2. The van der Waals surface area contributed by atoms with Gasteiger partial charge in [0.1, 0.15) is 11.7 Å². The number of hydrogen-bond donors (Lipinski definition) is 4. The summed E-state index contributed by atoms with van der Waals surface area (Å²) >= 11 is 0. The van der Waals surface area contributed by atoms with Gasteiger partial charge in [-0.2, -0.15) is 0 Å². The molecular formula is C19H29N3O6. The van der Waals surface area contributed by atoms with Crippen molar-refractivity contribution in [2.45, 2.75) is 38.5 Å². The Morgan fingerprint density at radius 2 is 1.96 bits per heavy atom. The Kier molecular flexibility index (Phi) is 7.73. The summed E-state index contributed by atoms with van der Waals surface area (Å²) < 4.78 is 6.73. The average molecular weight is 395 g/mol. The van der Waals surface area contributed by atoms with E-state index in [2.05, 4.69) is 10.6 Å². The number of aryl methyl sites for hydroxylation is 1. The van der Waals surface area contributed by atoms with Gasteiger partial charge in [0.2, 0.25) is 5.91 Å². The molecule has 0 spiro atoms. The molecule has 1 aliphatic heterocycles. The Labute approximate surface area is 164 Å². The van der Waals surface area contributed by atoms with Gasteiger partial charge in [-0.25, -0.2) is 0 Å². The van der Waals surface area contributed by atoms with Gasteiger partial charge in [-0.1, -0.05) is 13.8 Å². The average Bonchev–Trinajstić information content (AvgIpc) is 3.25.